The van der Waals surface area contributed by atoms with Crippen LogP contribution in [0.15, 0.2) is 29.3 Å². The van der Waals surface area contributed by atoms with Crippen molar-refractivity contribution in [1.29, 1.82) is 0 Å². The van der Waals surface area contributed by atoms with E-state index in [4.69, 9.17) is 4.74 Å². The highest BCUT2D eigenvalue weighted by Gasteiger charge is 2.23. The van der Waals surface area contributed by atoms with Gasteiger partial charge >= 0.3 is 5.97 Å². The Hall–Kier alpha value is -3.00. The van der Waals surface area contributed by atoms with Gasteiger partial charge in [-0.1, -0.05) is 17.7 Å². The molecule has 1 N–H and O–H groups in total. The van der Waals surface area contributed by atoms with Crippen LogP contribution in [0.4, 0.5) is 5.69 Å². The number of carbonyl (C=O) groups is 2. The third-order valence-electron chi connectivity index (χ3n) is 4.76. The molecule has 0 aliphatic heterocycles. The quantitative estimate of drug-likeness (QED) is 0.643. The molecule has 0 aliphatic rings. The van der Waals surface area contributed by atoms with E-state index in [0.29, 0.717) is 20.7 Å². The number of amides is 1. The predicted molar refractivity (Wildman–Crippen MR) is 114 cm³/mol. The lowest BCUT2D eigenvalue weighted by Crippen LogP contribution is -2.29. The minimum atomic E-state index is -0.800. The van der Waals surface area contributed by atoms with Crippen LogP contribution in [0.1, 0.15) is 46.3 Å². The van der Waals surface area contributed by atoms with Gasteiger partial charge in [0.2, 0.25) is 0 Å². The summed E-state index contributed by atoms with van der Waals surface area (Å²) in [6, 6.07) is 4.98. The summed E-state index contributed by atoms with van der Waals surface area (Å²) in [6.45, 7) is 9.16. The normalized spacial score (nSPS) is 12.0. The number of hydrogen-bond acceptors (Lipinski definition) is 6. The first-order valence-electron chi connectivity index (χ1n) is 9.30. The van der Waals surface area contributed by atoms with Crippen LogP contribution in [-0.4, -0.2) is 28.0 Å². The number of nitrogens with one attached hydrogen (secondary N) is 1. The molecule has 0 saturated carbocycles. The molecule has 0 saturated heterocycles. The van der Waals surface area contributed by atoms with Crippen LogP contribution < -0.4 is 10.9 Å². The lowest BCUT2D eigenvalue weighted by molar-refractivity contribution is -0.146. The molecule has 8 heteroatoms. The van der Waals surface area contributed by atoms with E-state index in [1.807, 2.05) is 32.0 Å². The van der Waals surface area contributed by atoms with Crippen molar-refractivity contribution in [2.75, 3.05) is 11.9 Å². The van der Waals surface area contributed by atoms with Gasteiger partial charge in [-0.25, -0.2) is 9.78 Å². The van der Waals surface area contributed by atoms with Crippen molar-refractivity contribution in [2.24, 2.45) is 0 Å². The highest BCUT2D eigenvalue weighted by molar-refractivity contribution is 7.20. The molecule has 0 fully saturated rings. The Kier molecular flexibility index (Phi) is 5.83. The Balaban J connectivity index is 1.99. The second-order valence-electron chi connectivity index (χ2n) is 6.89. The van der Waals surface area contributed by atoms with Crippen molar-refractivity contribution in [3.63, 3.8) is 0 Å². The van der Waals surface area contributed by atoms with Gasteiger partial charge < -0.3 is 10.1 Å². The Morgan fingerprint density at radius 1 is 1.28 bits per heavy atom. The zero-order valence-corrected chi connectivity index (χ0v) is 17.8. The molecule has 29 heavy (non-hydrogen) atoms. The standard InChI is InChI=1S/C21H23N3O4S/c1-6-28-21(27)14(5)24-10-22-19-16(20(24)26)13(4)17(29-19)18(25)23-15-8-7-11(2)9-12(15)3/h7-10,14H,6H2,1-5H3,(H,23,25). The van der Waals surface area contributed by atoms with Gasteiger partial charge in [0, 0.05) is 5.69 Å². The van der Waals surface area contributed by atoms with Gasteiger partial charge in [0.25, 0.3) is 11.5 Å². The van der Waals surface area contributed by atoms with Crippen LogP contribution >= 0.6 is 11.3 Å². The van der Waals surface area contributed by atoms with E-state index in [2.05, 4.69) is 10.3 Å². The first-order valence-corrected chi connectivity index (χ1v) is 10.1. The number of fused-ring (bicyclic) bond motifs is 1. The maximum atomic E-state index is 13.0. The number of hydrogen-bond donors (Lipinski definition) is 1. The molecule has 1 unspecified atom stereocenters. The predicted octanol–water partition coefficient (Wildman–Crippen LogP) is 3.76. The summed E-state index contributed by atoms with van der Waals surface area (Å²) < 4.78 is 6.24. The molecular formula is C21H23N3O4S. The second kappa shape index (κ2) is 8.16. The van der Waals surface area contributed by atoms with Gasteiger partial charge in [-0.15, -0.1) is 11.3 Å². The van der Waals surface area contributed by atoms with Crippen molar-refractivity contribution in [2.45, 2.75) is 40.7 Å². The highest BCUT2D eigenvalue weighted by Crippen LogP contribution is 2.28. The summed E-state index contributed by atoms with van der Waals surface area (Å²) in [6.07, 6.45) is 1.33. The van der Waals surface area contributed by atoms with E-state index in [0.717, 1.165) is 28.2 Å². The second-order valence-corrected chi connectivity index (χ2v) is 7.89. The van der Waals surface area contributed by atoms with Gasteiger partial charge in [-0.3, -0.25) is 14.2 Å². The van der Waals surface area contributed by atoms with Crippen molar-refractivity contribution < 1.29 is 14.3 Å². The molecule has 0 aliphatic carbocycles. The molecule has 2 aromatic heterocycles. The van der Waals surface area contributed by atoms with E-state index < -0.39 is 12.0 Å². The van der Waals surface area contributed by atoms with Gasteiger partial charge in [-0.05, 0) is 51.8 Å². The number of benzene rings is 1. The molecule has 1 amide bonds. The number of thiophene rings is 1. The molecule has 0 spiro atoms. The number of esters is 1. The minimum absolute atomic E-state index is 0.230. The van der Waals surface area contributed by atoms with Gasteiger partial charge in [-0.2, -0.15) is 0 Å². The van der Waals surface area contributed by atoms with Crippen LogP contribution in [0.2, 0.25) is 0 Å². The Morgan fingerprint density at radius 2 is 2.00 bits per heavy atom. The molecule has 7 nitrogen and oxygen atoms in total. The third kappa shape index (κ3) is 3.93. The molecule has 1 aromatic carbocycles. The SMILES string of the molecule is CCOC(=O)C(C)n1cnc2sc(C(=O)Nc3ccc(C)cc3C)c(C)c2c1=O. The molecule has 1 atom stereocenters. The van der Waals surface area contributed by atoms with E-state index in [-0.39, 0.29) is 18.1 Å². The number of ether oxygens (including phenoxy) is 1. The van der Waals surface area contributed by atoms with E-state index in [9.17, 15) is 14.4 Å². The van der Waals surface area contributed by atoms with Crippen LogP contribution in [-0.2, 0) is 9.53 Å². The van der Waals surface area contributed by atoms with Crippen molar-refractivity contribution in [1.82, 2.24) is 9.55 Å². The summed E-state index contributed by atoms with van der Waals surface area (Å²) in [4.78, 5) is 43.0. The summed E-state index contributed by atoms with van der Waals surface area (Å²) in [5, 5.41) is 3.25. The smallest absolute Gasteiger partial charge is 0.328 e. The number of aromatic nitrogens is 2. The fourth-order valence-electron chi connectivity index (χ4n) is 3.14. The number of carbonyl (C=O) groups excluding carboxylic acids is 2. The van der Waals surface area contributed by atoms with E-state index in [1.54, 1.807) is 20.8 Å². The summed E-state index contributed by atoms with van der Waals surface area (Å²) in [5.74, 6) is -0.793. The van der Waals surface area contributed by atoms with Gasteiger partial charge in [0.1, 0.15) is 10.9 Å². The number of rotatable bonds is 5. The number of aryl methyl sites for hydroxylation is 3. The third-order valence-corrected chi connectivity index (χ3v) is 5.96. The molecular weight excluding hydrogens is 390 g/mol. The van der Waals surface area contributed by atoms with Crippen molar-refractivity contribution in [3.8, 4) is 0 Å². The minimum Gasteiger partial charge on any atom is -0.464 e. The Bertz CT molecular complexity index is 1160. The average Bonchev–Trinajstić information content (AvgIpc) is 3.01. The van der Waals surface area contributed by atoms with E-state index >= 15 is 0 Å². The van der Waals surface area contributed by atoms with Gasteiger partial charge in [0.05, 0.1) is 23.2 Å². The zero-order chi connectivity index (χ0) is 21.3. The van der Waals surface area contributed by atoms with Crippen molar-refractivity contribution >= 4 is 39.1 Å². The largest absolute Gasteiger partial charge is 0.464 e. The lowest BCUT2D eigenvalue weighted by Gasteiger charge is -2.13. The Labute approximate surface area is 172 Å². The number of nitrogens with zero attached hydrogens (tertiary/aromatic N) is 2. The lowest BCUT2D eigenvalue weighted by atomic mass is 10.1. The van der Waals surface area contributed by atoms with Crippen LogP contribution in [0.5, 0.6) is 0 Å². The zero-order valence-electron chi connectivity index (χ0n) is 17.0. The maximum Gasteiger partial charge on any atom is 0.328 e. The maximum absolute atomic E-state index is 13.0. The van der Waals surface area contributed by atoms with Crippen LogP contribution in [0, 0.1) is 20.8 Å². The molecule has 2 heterocycles. The fraction of sp³-hybridized carbons (Fsp3) is 0.333. The first-order chi connectivity index (χ1) is 13.7. The average molecular weight is 413 g/mol. The summed E-state index contributed by atoms with van der Waals surface area (Å²) >= 11 is 1.16. The monoisotopic (exact) mass is 413 g/mol. The molecule has 3 aromatic rings. The molecule has 152 valence electrons. The summed E-state index contributed by atoms with van der Waals surface area (Å²) in [5.41, 5.74) is 2.98. The first kappa shape index (κ1) is 20.7. The van der Waals surface area contributed by atoms with Gasteiger partial charge in [0.15, 0.2) is 0 Å². The highest BCUT2D eigenvalue weighted by atomic mass is 32.1. The van der Waals surface area contributed by atoms with E-state index in [1.165, 1.54) is 10.9 Å². The molecule has 0 bridgehead atoms. The summed E-state index contributed by atoms with van der Waals surface area (Å²) in [7, 11) is 0. The molecule has 0 radical (unpaired) electrons. The van der Waals surface area contributed by atoms with Crippen LogP contribution in [0.3, 0.4) is 0 Å². The number of anilines is 1. The van der Waals surface area contributed by atoms with Crippen molar-refractivity contribution in [3.05, 3.63) is 56.4 Å². The van der Waals surface area contributed by atoms with Crippen LogP contribution in [0.25, 0.3) is 10.2 Å². The molecule has 3 rings (SSSR count). The fourth-order valence-corrected chi connectivity index (χ4v) is 4.17. The topological polar surface area (TPSA) is 90.3 Å². The Morgan fingerprint density at radius 3 is 2.66 bits per heavy atom.